The van der Waals surface area contributed by atoms with Crippen LogP contribution in [0.3, 0.4) is 0 Å². The van der Waals surface area contributed by atoms with Crippen molar-refractivity contribution in [1.29, 1.82) is 0 Å². The molecule has 5 rings (SSSR count). The average molecular weight is 391 g/mol. The molecule has 0 bridgehead atoms. The lowest BCUT2D eigenvalue weighted by molar-refractivity contribution is -0.118. The van der Waals surface area contributed by atoms with Gasteiger partial charge in [-0.05, 0) is 41.3 Å². The maximum Gasteiger partial charge on any atom is 0.181 e. The van der Waals surface area contributed by atoms with Gasteiger partial charge in [-0.25, -0.2) is 4.68 Å². The van der Waals surface area contributed by atoms with Crippen LogP contribution in [0.2, 0.25) is 0 Å². The SMILES string of the molecule is O=C1C=C(/C=C\c2ccccc2)C[C@H](c2ccccc2)[C@@H]1n1nnc2ccccc21. The van der Waals surface area contributed by atoms with Crippen molar-refractivity contribution in [3.05, 3.63) is 114 Å². The van der Waals surface area contributed by atoms with E-state index in [4.69, 9.17) is 0 Å². The molecule has 0 saturated heterocycles. The van der Waals surface area contributed by atoms with E-state index in [-0.39, 0.29) is 11.7 Å². The predicted octanol–water partition coefficient (Wildman–Crippen LogP) is 5.37. The van der Waals surface area contributed by atoms with E-state index >= 15 is 0 Å². The molecule has 3 aromatic carbocycles. The Kier molecular flexibility index (Phi) is 4.81. The minimum atomic E-state index is -0.409. The fourth-order valence-electron chi connectivity index (χ4n) is 4.16. The Labute approximate surface area is 175 Å². The van der Waals surface area contributed by atoms with Crippen LogP contribution < -0.4 is 0 Å². The Bertz CT molecular complexity index is 1240. The van der Waals surface area contributed by atoms with Crippen LogP contribution in [0.5, 0.6) is 0 Å². The van der Waals surface area contributed by atoms with E-state index in [2.05, 4.69) is 46.7 Å². The van der Waals surface area contributed by atoms with Crippen molar-refractivity contribution in [2.45, 2.75) is 18.4 Å². The highest BCUT2D eigenvalue weighted by Crippen LogP contribution is 2.40. The summed E-state index contributed by atoms with van der Waals surface area (Å²) in [5.74, 6) is 0.0442. The van der Waals surface area contributed by atoms with Crippen LogP contribution in [0.1, 0.15) is 29.5 Å². The summed E-state index contributed by atoms with van der Waals surface area (Å²) in [7, 11) is 0. The molecule has 0 N–H and O–H groups in total. The lowest BCUT2D eigenvalue weighted by atomic mass is 9.79. The molecule has 1 heterocycles. The summed E-state index contributed by atoms with van der Waals surface area (Å²) in [6, 6.07) is 27.7. The summed E-state index contributed by atoms with van der Waals surface area (Å²) in [6.07, 6.45) is 6.64. The van der Waals surface area contributed by atoms with E-state index in [1.165, 1.54) is 0 Å². The molecule has 0 radical (unpaired) electrons. The van der Waals surface area contributed by atoms with Gasteiger partial charge >= 0.3 is 0 Å². The standard InChI is InChI=1S/C26H21N3O/c30-25-18-20(16-15-19-9-3-1-4-10-19)17-22(21-11-5-2-6-12-21)26(25)29-24-14-8-7-13-23(24)27-28-29/h1-16,18,22,26H,17H2/b16-15-/t22-,26+/m1/s1. The summed E-state index contributed by atoms with van der Waals surface area (Å²) >= 11 is 0. The first-order valence-corrected chi connectivity index (χ1v) is 10.1. The van der Waals surface area contributed by atoms with Gasteiger partial charge in [0.05, 0.1) is 5.52 Å². The zero-order valence-electron chi connectivity index (χ0n) is 16.4. The van der Waals surface area contributed by atoms with E-state index in [1.54, 1.807) is 10.8 Å². The van der Waals surface area contributed by atoms with Crippen molar-refractivity contribution in [2.24, 2.45) is 0 Å². The molecule has 2 atom stereocenters. The van der Waals surface area contributed by atoms with Crippen LogP contribution >= 0.6 is 0 Å². The van der Waals surface area contributed by atoms with E-state index in [0.29, 0.717) is 0 Å². The fourth-order valence-corrected chi connectivity index (χ4v) is 4.16. The summed E-state index contributed by atoms with van der Waals surface area (Å²) in [4.78, 5) is 13.3. The van der Waals surface area contributed by atoms with Gasteiger partial charge in [0.15, 0.2) is 5.78 Å². The second kappa shape index (κ2) is 7.91. The van der Waals surface area contributed by atoms with E-state index < -0.39 is 6.04 Å². The zero-order valence-corrected chi connectivity index (χ0v) is 16.4. The minimum absolute atomic E-state index is 0.00997. The number of carbonyl (C=O) groups is 1. The number of hydrogen-bond donors (Lipinski definition) is 0. The Morgan fingerprint density at radius 3 is 2.33 bits per heavy atom. The van der Waals surface area contributed by atoms with Crippen molar-refractivity contribution in [3.8, 4) is 0 Å². The van der Waals surface area contributed by atoms with Crippen LogP contribution in [-0.4, -0.2) is 20.8 Å². The second-order valence-corrected chi connectivity index (χ2v) is 7.55. The molecule has 0 aliphatic heterocycles. The number of fused-ring (bicyclic) bond motifs is 1. The molecule has 0 saturated carbocycles. The van der Waals surface area contributed by atoms with Gasteiger partial charge in [0, 0.05) is 5.92 Å². The molecule has 30 heavy (non-hydrogen) atoms. The van der Waals surface area contributed by atoms with Crippen molar-refractivity contribution in [3.63, 3.8) is 0 Å². The molecule has 0 unspecified atom stereocenters. The molecular formula is C26H21N3O. The number of hydrogen-bond acceptors (Lipinski definition) is 3. The number of rotatable bonds is 4. The molecule has 1 aliphatic rings. The highest BCUT2D eigenvalue weighted by molar-refractivity contribution is 5.97. The number of carbonyl (C=O) groups excluding carboxylic acids is 1. The molecule has 1 aliphatic carbocycles. The lowest BCUT2D eigenvalue weighted by Gasteiger charge is -2.30. The molecule has 4 heteroatoms. The predicted molar refractivity (Wildman–Crippen MR) is 119 cm³/mol. The molecular weight excluding hydrogens is 370 g/mol. The van der Waals surface area contributed by atoms with E-state index in [9.17, 15) is 4.79 Å². The van der Waals surface area contributed by atoms with Crippen molar-refractivity contribution >= 4 is 22.9 Å². The number of para-hydroxylation sites is 1. The van der Waals surface area contributed by atoms with E-state index in [1.807, 2.05) is 60.7 Å². The molecule has 1 aromatic heterocycles. The van der Waals surface area contributed by atoms with Crippen LogP contribution in [0.4, 0.5) is 0 Å². The Morgan fingerprint density at radius 1 is 0.833 bits per heavy atom. The van der Waals surface area contributed by atoms with Gasteiger partial charge in [-0.15, -0.1) is 5.10 Å². The largest absolute Gasteiger partial charge is 0.292 e. The fraction of sp³-hybridized carbons (Fsp3) is 0.115. The third-order valence-electron chi connectivity index (χ3n) is 5.61. The summed E-state index contributed by atoms with van der Waals surface area (Å²) in [6.45, 7) is 0. The Balaban J connectivity index is 1.56. The Morgan fingerprint density at radius 2 is 1.53 bits per heavy atom. The summed E-state index contributed by atoms with van der Waals surface area (Å²) < 4.78 is 1.80. The Hall–Kier alpha value is -3.79. The van der Waals surface area contributed by atoms with Crippen LogP contribution in [0, 0.1) is 0 Å². The number of aromatic nitrogens is 3. The number of ketones is 1. The summed E-state index contributed by atoms with van der Waals surface area (Å²) in [5.41, 5.74) is 4.96. The van der Waals surface area contributed by atoms with Crippen LogP contribution in [-0.2, 0) is 4.79 Å². The van der Waals surface area contributed by atoms with Crippen molar-refractivity contribution < 1.29 is 4.79 Å². The third kappa shape index (κ3) is 3.48. The van der Waals surface area contributed by atoms with Gasteiger partial charge < -0.3 is 0 Å². The second-order valence-electron chi connectivity index (χ2n) is 7.55. The van der Waals surface area contributed by atoms with Gasteiger partial charge in [-0.3, -0.25) is 4.79 Å². The van der Waals surface area contributed by atoms with Gasteiger partial charge in [0.1, 0.15) is 11.6 Å². The van der Waals surface area contributed by atoms with Crippen LogP contribution in [0.25, 0.3) is 17.1 Å². The number of allylic oxidation sites excluding steroid dienone is 3. The maximum atomic E-state index is 13.3. The molecule has 4 nitrogen and oxygen atoms in total. The highest BCUT2D eigenvalue weighted by atomic mass is 16.1. The summed E-state index contributed by atoms with van der Waals surface area (Å²) in [5, 5.41) is 8.64. The number of nitrogens with zero attached hydrogens (tertiary/aromatic N) is 3. The minimum Gasteiger partial charge on any atom is -0.292 e. The van der Waals surface area contributed by atoms with E-state index in [0.717, 1.165) is 34.2 Å². The van der Waals surface area contributed by atoms with Crippen molar-refractivity contribution in [1.82, 2.24) is 15.0 Å². The molecule has 0 spiro atoms. The normalized spacial score (nSPS) is 19.3. The monoisotopic (exact) mass is 391 g/mol. The zero-order chi connectivity index (χ0) is 20.3. The van der Waals surface area contributed by atoms with Gasteiger partial charge in [0.25, 0.3) is 0 Å². The molecule has 0 fully saturated rings. The first-order chi connectivity index (χ1) is 14.8. The van der Waals surface area contributed by atoms with Gasteiger partial charge in [-0.1, -0.05) is 90.2 Å². The maximum absolute atomic E-state index is 13.3. The smallest absolute Gasteiger partial charge is 0.181 e. The average Bonchev–Trinajstić information content (AvgIpc) is 3.22. The molecule has 0 amide bonds. The van der Waals surface area contributed by atoms with Gasteiger partial charge in [-0.2, -0.15) is 0 Å². The third-order valence-corrected chi connectivity index (χ3v) is 5.61. The molecule has 146 valence electrons. The van der Waals surface area contributed by atoms with Gasteiger partial charge in [0.2, 0.25) is 0 Å². The first-order valence-electron chi connectivity index (χ1n) is 10.1. The van der Waals surface area contributed by atoms with Crippen LogP contribution in [0.15, 0.2) is 103 Å². The highest BCUT2D eigenvalue weighted by Gasteiger charge is 2.35. The van der Waals surface area contributed by atoms with Crippen molar-refractivity contribution in [2.75, 3.05) is 0 Å². The number of benzene rings is 3. The quantitative estimate of drug-likeness (QED) is 0.470. The topological polar surface area (TPSA) is 47.8 Å². The lowest BCUT2D eigenvalue weighted by Crippen LogP contribution is -2.29. The molecule has 4 aromatic rings. The first kappa shape index (κ1) is 18.3.